The standard InChI is InChI=1S/C17H23N3O3S3/c1-8(2)7-24-16-19-20-17(26-16)25-11(5)14(21)13-9(3)12(10(4)18-13)15(22)23-6/h8,11,18H,7H2,1-6H3/t11-/m0/s1. The van der Waals surface area contributed by atoms with Gasteiger partial charge in [-0.2, -0.15) is 0 Å². The molecule has 2 heterocycles. The van der Waals surface area contributed by atoms with E-state index in [2.05, 4.69) is 29.0 Å². The van der Waals surface area contributed by atoms with Crippen molar-refractivity contribution in [2.45, 2.75) is 48.5 Å². The Labute approximate surface area is 165 Å². The van der Waals surface area contributed by atoms with E-state index in [0.29, 0.717) is 28.4 Å². The maximum absolute atomic E-state index is 12.8. The van der Waals surface area contributed by atoms with Crippen molar-refractivity contribution in [2.24, 2.45) is 5.92 Å². The summed E-state index contributed by atoms with van der Waals surface area (Å²) in [5.74, 6) is 1.07. The van der Waals surface area contributed by atoms with Gasteiger partial charge in [0.2, 0.25) is 0 Å². The number of thioether (sulfide) groups is 2. The van der Waals surface area contributed by atoms with Gasteiger partial charge in [0, 0.05) is 11.4 Å². The van der Waals surface area contributed by atoms with Crippen LogP contribution in [0.5, 0.6) is 0 Å². The number of rotatable bonds is 8. The number of aromatic nitrogens is 3. The molecule has 0 saturated heterocycles. The third-order valence-electron chi connectivity index (χ3n) is 3.65. The van der Waals surface area contributed by atoms with Gasteiger partial charge in [-0.15, -0.1) is 10.2 Å². The Bertz CT molecular complexity index is 799. The largest absolute Gasteiger partial charge is 0.465 e. The van der Waals surface area contributed by atoms with Crippen molar-refractivity contribution < 1.29 is 14.3 Å². The van der Waals surface area contributed by atoms with Crippen LogP contribution in [0.3, 0.4) is 0 Å². The summed E-state index contributed by atoms with van der Waals surface area (Å²) in [5.41, 5.74) is 2.13. The number of aryl methyl sites for hydroxylation is 1. The number of methoxy groups -OCH3 is 1. The van der Waals surface area contributed by atoms with Gasteiger partial charge in [0.15, 0.2) is 14.5 Å². The lowest BCUT2D eigenvalue weighted by Gasteiger charge is -2.07. The number of carbonyl (C=O) groups excluding carboxylic acids is 2. The van der Waals surface area contributed by atoms with E-state index in [1.807, 2.05) is 6.92 Å². The molecule has 6 nitrogen and oxygen atoms in total. The van der Waals surface area contributed by atoms with Crippen molar-refractivity contribution in [1.29, 1.82) is 0 Å². The lowest BCUT2D eigenvalue weighted by Crippen LogP contribution is -2.15. The zero-order valence-electron chi connectivity index (χ0n) is 15.7. The topological polar surface area (TPSA) is 84.9 Å². The summed E-state index contributed by atoms with van der Waals surface area (Å²) >= 11 is 4.57. The van der Waals surface area contributed by atoms with E-state index < -0.39 is 5.97 Å². The molecule has 2 rings (SSSR count). The van der Waals surface area contributed by atoms with Gasteiger partial charge in [-0.3, -0.25) is 4.79 Å². The van der Waals surface area contributed by atoms with Crippen LogP contribution in [0.1, 0.15) is 52.9 Å². The Kier molecular flexibility index (Phi) is 7.31. The molecule has 26 heavy (non-hydrogen) atoms. The van der Waals surface area contributed by atoms with Crippen molar-refractivity contribution in [3.05, 3.63) is 22.5 Å². The fourth-order valence-electron chi connectivity index (χ4n) is 2.35. The van der Waals surface area contributed by atoms with E-state index >= 15 is 0 Å². The molecule has 0 aliphatic carbocycles. The summed E-state index contributed by atoms with van der Waals surface area (Å²) in [6, 6.07) is 0. The predicted octanol–water partition coefficient (Wildman–Crippen LogP) is 4.38. The highest BCUT2D eigenvalue weighted by molar-refractivity contribution is 8.04. The van der Waals surface area contributed by atoms with E-state index in [1.165, 1.54) is 30.2 Å². The number of aromatic amines is 1. The number of hydrogen-bond donors (Lipinski definition) is 1. The van der Waals surface area contributed by atoms with Crippen molar-refractivity contribution >= 4 is 46.6 Å². The summed E-state index contributed by atoms with van der Waals surface area (Å²) in [4.78, 5) is 27.7. The predicted molar refractivity (Wildman–Crippen MR) is 107 cm³/mol. The molecule has 0 saturated carbocycles. The second-order valence-corrected chi connectivity index (χ2v) is 10.1. The minimum atomic E-state index is -0.438. The smallest absolute Gasteiger partial charge is 0.339 e. The third-order valence-corrected chi connectivity index (χ3v) is 7.32. The van der Waals surface area contributed by atoms with Gasteiger partial charge in [-0.25, -0.2) is 4.79 Å². The molecule has 0 unspecified atom stereocenters. The number of carbonyl (C=O) groups is 2. The van der Waals surface area contributed by atoms with E-state index in [4.69, 9.17) is 4.74 Å². The number of nitrogens with zero attached hydrogens (tertiary/aromatic N) is 2. The maximum atomic E-state index is 12.8. The number of Topliss-reactive ketones (excluding diaryl/α,β-unsaturated/α-hetero) is 1. The van der Waals surface area contributed by atoms with Gasteiger partial charge < -0.3 is 9.72 Å². The Morgan fingerprint density at radius 2 is 1.85 bits per heavy atom. The zero-order valence-corrected chi connectivity index (χ0v) is 18.2. The van der Waals surface area contributed by atoms with E-state index in [-0.39, 0.29) is 11.0 Å². The van der Waals surface area contributed by atoms with Crippen LogP contribution in [0.4, 0.5) is 0 Å². The molecule has 9 heteroatoms. The van der Waals surface area contributed by atoms with Crippen LogP contribution in [0.2, 0.25) is 0 Å². The molecule has 2 aromatic rings. The second kappa shape index (κ2) is 9.05. The molecule has 0 fully saturated rings. The molecule has 0 aliphatic rings. The Morgan fingerprint density at radius 1 is 1.19 bits per heavy atom. The monoisotopic (exact) mass is 413 g/mol. The van der Waals surface area contributed by atoms with Crippen molar-refractivity contribution in [2.75, 3.05) is 12.9 Å². The lowest BCUT2D eigenvalue weighted by molar-refractivity contribution is 0.0599. The van der Waals surface area contributed by atoms with Crippen LogP contribution in [0.15, 0.2) is 8.68 Å². The van der Waals surface area contributed by atoms with Crippen LogP contribution in [-0.2, 0) is 4.74 Å². The normalized spacial score (nSPS) is 12.4. The summed E-state index contributed by atoms with van der Waals surface area (Å²) in [7, 11) is 1.33. The molecule has 0 spiro atoms. The first kappa shape index (κ1) is 21.0. The average molecular weight is 414 g/mol. The number of hydrogen-bond acceptors (Lipinski definition) is 8. The minimum Gasteiger partial charge on any atom is -0.465 e. The quantitative estimate of drug-likeness (QED) is 0.390. The summed E-state index contributed by atoms with van der Waals surface area (Å²) in [6.07, 6.45) is 0. The molecule has 0 radical (unpaired) electrons. The van der Waals surface area contributed by atoms with Gasteiger partial charge in [-0.05, 0) is 32.3 Å². The van der Waals surface area contributed by atoms with E-state index in [1.54, 1.807) is 25.6 Å². The highest BCUT2D eigenvalue weighted by Gasteiger charge is 2.26. The van der Waals surface area contributed by atoms with Crippen LogP contribution in [0, 0.1) is 19.8 Å². The molecule has 0 bridgehead atoms. The highest BCUT2D eigenvalue weighted by Crippen LogP contribution is 2.33. The van der Waals surface area contributed by atoms with Gasteiger partial charge in [0.25, 0.3) is 0 Å². The molecule has 1 N–H and O–H groups in total. The van der Waals surface area contributed by atoms with Gasteiger partial charge in [0.1, 0.15) is 0 Å². The first-order valence-electron chi connectivity index (χ1n) is 8.19. The van der Waals surface area contributed by atoms with Crippen molar-refractivity contribution in [3.8, 4) is 0 Å². The van der Waals surface area contributed by atoms with Crippen LogP contribution in [-0.4, -0.2) is 45.0 Å². The van der Waals surface area contributed by atoms with Gasteiger partial charge in [-0.1, -0.05) is 48.7 Å². The number of nitrogens with one attached hydrogen (secondary N) is 1. The third kappa shape index (κ3) is 4.89. The average Bonchev–Trinajstić information content (AvgIpc) is 3.15. The molecular formula is C17H23N3O3S3. The highest BCUT2D eigenvalue weighted by atomic mass is 32.2. The molecule has 2 aromatic heterocycles. The van der Waals surface area contributed by atoms with Crippen molar-refractivity contribution in [1.82, 2.24) is 15.2 Å². The Morgan fingerprint density at radius 3 is 2.46 bits per heavy atom. The maximum Gasteiger partial charge on any atom is 0.339 e. The second-order valence-electron chi connectivity index (χ2n) is 6.28. The summed E-state index contributed by atoms with van der Waals surface area (Å²) < 4.78 is 6.48. The molecular weight excluding hydrogens is 390 g/mol. The molecule has 1 atom stereocenters. The van der Waals surface area contributed by atoms with Crippen molar-refractivity contribution in [3.63, 3.8) is 0 Å². The lowest BCUT2D eigenvalue weighted by atomic mass is 10.1. The zero-order chi connectivity index (χ0) is 19.4. The first-order chi connectivity index (χ1) is 12.2. The number of ketones is 1. The minimum absolute atomic E-state index is 0.0719. The van der Waals surface area contributed by atoms with E-state index in [9.17, 15) is 9.59 Å². The first-order valence-corrected chi connectivity index (χ1v) is 10.9. The fraction of sp³-hybridized carbons (Fsp3) is 0.529. The van der Waals surface area contributed by atoms with Gasteiger partial charge >= 0.3 is 5.97 Å². The van der Waals surface area contributed by atoms with Crippen LogP contribution in [0.25, 0.3) is 0 Å². The fourth-order valence-corrected chi connectivity index (χ4v) is 5.55. The van der Waals surface area contributed by atoms with Gasteiger partial charge in [0.05, 0.1) is 23.6 Å². The number of H-pyrrole nitrogens is 1. The number of ether oxygens (including phenoxy) is 1. The van der Waals surface area contributed by atoms with Crippen LogP contribution < -0.4 is 0 Å². The summed E-state index contributed by atoms with van der Waals surface area (Å²) in [5, 5.41) is 8.00. The summed E-state index contributed by atoms with van der Waals surface area (Å²) in [6.45, 7) is 9.67. The number of esters is 1. The Balaban J connectivity index is 2.10. The molecule has 0 amide bonds. The molecule has 0 aromatic carbocycles. The molecule has 0 aliphatic heterocycles. The SMILES string of the molecule is COC(=O)c1c(C)[nH]c(C(=O)[C@H](C)Sc2nnc(SCC(C)C)s2)c1C. The Hall–Kier alpha value is -1.32. The van der Waals surface area contributed by atoms with Crippen LogP contribution >= 0.6 is 34.9 Å². The molecule has 142 valence electrons. The van der Waals surface area contributed by atoms with E-state index in [0.717, 1.165) is 14.4 Å².